The summed E-state index contributed by atoms with van der Waals surface area (Å²) in [4.78, 5) is 28.3. The first-order valence-corrected chi connectivity index (χ1v) is 7.81. The smallest absolute Gasteiger partial charge is 0.398 e. The van der Waals surface area contributed by atoms with Crippen molar-refractivity contribution in [3.8, 4) is 5.75 Å². The van der Waals surface area contributed by atoms with E-state index in [9.17, 15) is 28.6 Å². The molecule has 0 radical (unpaired) electrons. The quantitative estimate of drug-likeness (QED) is 0.810. The predicted octanol–water partition coefficient (Wildman–Crippen LogP) is 2.16. The Morgan fingerprint density at radius 2 is 1.85 bits per heavy atom. The summed E-state index contributed by atoms with van der Waals surface area (Å²) < 4.78 is 27.0. The number of Topliss-reactive ketones (excluding diaryl/α,β-unsaturated/α-hetero) is 1. The highest BCUT2D eigenvalue weighted by molar-refractivity contribution is 6.33. The van der Waals surface area contributed by atoms with Crippen molar-refractivity contribution in [2.45, 2.75) is 18.9 Å². The fourth-order valence-corrected chi connectivity index (χ4v) is 2.89. The lowest BCUT2D eigenvalue weighted by molar-refractivity contribution is -0.155. The van der Waals surface area contributed by atoms with Gasteiger partial charge >= 0.3 is 5.97 Å². The van der Waals surface area contributed by atoms with E-state index in [4.69, 9.17) is 4.84 Å². The van der Waals surface area contributed by atoms with Gasteiger partial charge in [-0.2, -0.15) is 0 Å². The number of rotatable bonds is 4. The molecule has 0 aliphatic carbocycles. The molecule has 0 spiro atoms. The van der Waals surface area contributed by atoms with Crippen LogP contribution in [0.15, 0.2) is 36.4 Å². The van der Waals surface area contributed by atoms with Crippen LogP contribution in [0.2, 0.25) is 0 Å². The second-order valence-corrected chi connectivity index (χ2v) is 5.85. The van der Waals surface area contributed by atoms with Crippen LogP contribution in [0.5, 0.6) is 5.75 Å². The van der Waals surface area contributed by atoms with Crippen molar-refractivity contribution in [2.24, 2.45) is 0 Å². The van der Waals surface area contributed by atoms with E-state index in [1.54, 1.807) is 12.1 Å². The third kappa shape index (κ3) is 2.78. The van der Waals surface area contributed by atoms with Gasteiger partial charge in [0.25, 0.3) is 0 Å². The maximum Gasteiger partial charge on any atom is 0.398 e. The summed E-state index contributed by atoms with van der Waals surface area (Å²) >= 11 is 0. The first-order valence-electron chi connectivity index (χ1n) is 7.81. The second-order valence-electron chi connectivity index (χ2n) is 5.85. The Labute approximate surface area is 147 Å². The molecule has 6 nitrogen and oxygen atoms in total. The van der Waals surface area contributed by atoms with Crippen LogP contribution in [-0.4, -0.2) is 28.5 Å². The van der Waals surface area contributed by atoms with E-state index in [2.05, 4.69) is 0 Å². The van der Waals surface area contributed by atoms with E-state index in [0.717, 1.165) is 5.06 Å². The number of fused-ring (bicyclic) bond motifs is 1. The Morgan fingerprint density at radius 3 is 2.54 bits per heavy atom. The molecule has 0 saturated heterocycles. The number of hydrogen-bond acceptors (Lipinski definition) is 6. The normalized spacial score (nSPS) is 18.5. The molecule has 8 heteroatoms. The van der Waals surface area contributed by atoms with E-state index in [1.807, 2.05) is 0 Å². The van der Waals surface area contributed by atoms with Gasteiger partial charge in [-0.25, -0.2) is 18.6 Å². The lowest BCUT2D eigenvalue weighted by Gasteiger charge is -2.25. The summed E-state index contributed by atoms with van der Waals surface area (Å²) in [6.45, 7) is 1.09. The molecular weight excluding hydrogens is 348 g/mol. The van der Waals surface area contributed by atoms with Crippen LogP contribution in [0, 0.1) is 11.6 Å². The average molecular weight is 363 g/mol. The minimum atomic E-state index is -1.98. The van der Waals surface area contributed by atoms with Gasteiger partial charge in [-0.1, -0.05) is 25.1 Å². The number of benzene rings is 2. The molecule has 1 aliphatic rings. The zero-order chi connectivity index (χ0) is 19.1. The lowest BCUT2D eigenvalue weighted by Crippen LogP contribution is -2.37. The first-order chi connectivity index (χ1) is 12.3. The zero-order valence-electron chi connectivity index (χ0n) is 13.7. The first kappa shape index (κ1) is 17.8. The number of ketones is 1. The number of hydroxylamine groups is 1. The summed E-state index contributed by atoms with van der Waals surface area (Å²) in [5.74, 6) is -5.04. The number of nitrogens with zero attached hydrogens (tertiary/aromatic N) is 1. The Bertz CT molecular complexity index is 901. The number of hydrogen-bond donors (Lipinski definition) is 2. The molecule has 2 N–H and O–H groups in total. The summed E-state index contributed by atoms with van der Waals surface area (Å²) in [6.07, 6.45) is -0.0530. The van der Waals surface area contributed by atoms with Crippen molar-refractivity contribution in [1.82, 2.24) is 0 Å². The third-order valence-corrected chi connectivity index (χ3v) is 4.22. The molecule has 0 amide bonds. The monoisotopic (exact) mass is 363 g/mol. The molecule has 2 aromatic carbocycles. The van der Waals surface area contributed by atoms with Gasteiger partial charge in [0.05, 0.1) is 12.2 Å². The van der Waals surface area contributed by atoms with Crippen molar-refractivity contribution < 1.29 is 33.4 Å². The number of aliphatic hydroxyl groups is 1. The average Bonchev–Trinajstić information content (AvgIpc) is 2.90. The number of aromatic hydroxyl groups is 1. The highest BCUT2D eigenvalue weighted by Gasteiger charge is 2.46. The van der Waals surface area contributed by atoms with Gasteiger partial charge in [-0.15, -0.1) is 0 Å². The number of para-hydroxylation sites is 1. The second kappa shape index (κ2) is 6.38. The molecule has 1 unspecified atom stereocenters. The fourth-order valence-electron chi connectivity index (χ4n) is 2.89. The van der Waals surface area contributed by atoms with Gasteiger partial charge < -0.3 is 15.1 Å². The zero-order valence-corrected chi connectivity index (χ0v) is 13.7. The largest absolute Gasteiger partial charge is 0.507 e. The molecule has 0 bridgehead atoms. The minimum absolute atomic E-state index is 0.0530. The van der Waals surface area contributed by atoms with E-state index in [1.165, 1.54) is 19.1 Å². The number of phenolic OH excluding ortho intramolecular Hbond substituents is 1. The Balaban J connectivity index is 2.06. The van der Waals surface area contributed by atoms with Crippen LogP contribution in [0.3, 0.4) is 0 Å². The van der Waals surface area contributed by atoms with E-state index >= 15 is 0 Å². The lowest BCUT2D eigenvalue weighted by atomic mass is 9.87. The summed E-state index contributed by atoms with van der Waals surface area (Å²) in [5, 5.41) is 22.1. The van der Waals surface area contributed by atoms with Gasteiger partial charge in [0.1, 0.15) is 11.4 Å². The van der Waals surface area contributed by atoms with Crippen molar-refractivity contribution in [1.29, 1.82) is 0 Å². The van der Waals surface area contributed by atoms with E-state index in [0.29, 0.717) is 12.1 Å². The molecule has 136 valence electrons. The Hall–Kier alpha value is -3.00. The van der Waals surface area contributed by atoms with Crippen molar-refractivity contribution in [3.05, 3.63) is 59.2 Å². The maximum atomic E-state index is 13.7. The molecule has 26 heavy (non-hydrogen) atoms. The molecule has 3 rings (SSSR count). The van der Waals surface area contributed by atoms with Crippen molar-refractivity contribution in [3.63, 3.8) is 0 Å². The molecule has 1 heterocycles. The number of phenols is 1. The third-order valence-electron chi connectivity index (χ3n) is 4.22. The minimum Gasteiger partial charge on any atom is -0.507 e. The number of anilines is 1. The van der Waals surface area contributed by atoms with Crippen LogP contribution in [-0.2, 0) is 20.0 Å². The fraction of sp³-hybridized carbons (Fsp3) is 0.222. The van der Waals surface area contributed by atoms with Gasteiger partial charge in [-0.3, -0.25) is 4.79 Å². The van der Waals surface area contributed by atoms with Gasteiger partial charge in [0.2, 0.25) is 5.78 Å². The number of β-amino-alcohol motifs (C(OH)–C–C–N with tert-alkyl or cyclic N) is 1. The van der Waals surface area contributed by atoms with Crippen LogP contribution in [0.4, 0.5) is 14.5 Å². The van der Waals surface area contributed by atoms with Crippen molar-refractivity contribution >= 4 is 17.4 Å². The number of carbonyl (C=O) groups excluding carboxylic acids is 2. The number of halogens is 2. The molecule has 1 aliphatic heterocycles. The van der Waals surface area contributed by atoms with E-state index in [-0.39, 0.29) is 23.2 Å². The summed E-state index contributed by atoms with van der Waals surface area (Å²) in [5.41, 5.74) is -1.80. The highest BCUT2D eigenvalue weighted by atomic mass is 19.2. The molecule has 0 saturated carbocycles. The van der Waals surface area contributed by atoms with Crippen LogP contribution in [0.1, 0.15) is 24.5 Å². The van der Waals surface area contributed by atoms with Gasteiger partial charge in [0, 0.05) is 23.6 Å². The molecular formula is C18H15F2NO5. The van der Waals surface area contributed by atoms with Crippen molar-refractivity contribution in [2.75, 3.05) is 11.6 Å². The summed E-state index contributed by atoms with van der Waals surface area (Å²) in [7, 11) is 0. The molecule has 2 aromatic rings. The van der Waals surface area contributed by atoms with Crippen LogP contribution >= 0.6 is 0 Å². The SMILES string of the molecule is CCC(=O)C(=O)ON1CC(O)(c2cc(F)c(F)cc2O)c2ccccc21. The Kier molecular flexibility index (Phi) is 4.37. The molecule has 0 aromatic heterocycles. The van der Waals surface area contributed by atoms with E-state index < -0.39 is 41.3 Å². The van der Waals surface area contributed by atoms with Crippen LogP contribution in [0.25, 0.3) is 0 Å². The molecule has 0 fully saturated rings. The highest BCUT2D eigenvalue weighted by Crippen LogP contribution is 2.46. The van der Waals surface area contributed by atoms with Crippen LogP contribution < -0.4 is 5.06 Å². The predicted molar refractivity (Wildman–Crippen MR) is 86.2 cm³/mol. The summed E-state index contributed by atoms with van der Waals surface area (Å²) in [6, 6.07) is 7.45. The Morgan fingerprint density at radius 1 is 1.19 bits per heavy atom. The topological polar surface area (TPSA) is 87.1 Å². The van der Waals surface area contributed by atoms with Gasteiger partial charge in [-0.05, 0) is 12.1 Å². The maximum absolute atomic E-state index is 13.7. The standard InChI is InChI=1S/C18H15F2NO5/c1-2-15(22)17(24)26-21-9-18(25,10-5-3-4-6-14(10)21)11-7-12(19)13(20)8-16(11)23/h3-8,23,25H,2,9H2,1H3. The van der Waals surface area contributed by atoms with Gasteiger partial charge in [0.15, 0.2) is 11.6 Å². The molecule has 1 atom stereocenters. The number of carbonyl (C=O) groups is 2.